The molecular formula is C27H33N3O3. The molecule has 1 heterocycles. The van der Waals surface area contributed by atoms with Crippen LogP contribution >= 0.6 is 0 Å². The van der Waals surface area contributed by atoms with Crippen LogP contribution in [-0.2, 0) is 4.74 Å². The van der Waals surface area contributed by atoms with Gasteiger partial charge in [0.05, 0.1) is 18.0 Å². The number of aryl methyl sites for hydroxylation is 2. The Morgan fingerprint density at radius 2 is 1.58 bits per heavy atom. The molecule has 6 heteroatoms. The molecule has 174 valence electrons. The Balaban J connectivity index is 2.01. The minimum Gasteiger partial charge on any atom is -0.461 e. The van der Waals surface area contributed by atoms with Gasteiger partial charge in [0.2, 0.25) is 0 Å². The van der Waals surface area contributed by atoms with Gasteiger partial charge >= 0.3 is 5.97 Å². The highest BCUT2D eigenvalue weighted by Crippen LogP contribution is 2.27. The molecule has 0 aliphatic rings. The van der Waals surface area contributed by atoms with Crippen LogP contribution in [0.5, 0.6) is 0 Å². The van der Waals surface area contributed by atoms with Crippen molar-refractivity contribution in [3.05, 3.63) is 70.9 Å². The van der Waals surface area contributed by atoms with Gasteiger partial charge in [-0.25, -0.2) is 9.48 Å². The zero-order chi connectivity index (χ0) is 24.0. The number of hydrogen-bond acceptors (Lipinski definition) is 4. The van der Waals surface area contributed by atoms with Gasteiger partial charge < -0.3 is 9.64 Å². The lowest BCUT2D eigenvalue weighted by molar-refractivity contribution is 0.0518. The fourth-order valence-electron chi connectivity index (χ4n) is 3.77. The number of esters is 1. The van der Waals surface area contributed by atoms with E-state index in [0.29, 0.717) is 5.56 Å². The molecule has 0 spiro atoms. The topological polar surface area (TPSA) is 64.4 Å². The first-order valence-electron chi connectivity index (χ1n) is 11.6. The van der Waals surface area contributed by atoms with Crippen LogP contribution in [0.2, 0.25) is 0 Å². The van der Waals surface area contributed by atoms with Crippen molar-refractivity contribution in [3.63, 3.8) is 0 Å². The van der Waals surface area contributed by atoms with Crippen molar-refractivity contribution in [1.29, 1.82) is 0 Å². The summed E-state index contributed by atoms with van der Waals surface area (Å²) >= 11 is 0. The first-order chi connectivity index (χ1) is 15.9. The average Bonchev–Trinajstić information content (AvgIpc) is 3.26. The predicted octanol–water partition coefficient (Wildman–Crippen LogP) is 5.60. The molecule has 0 atom stereocenters. The number of nitrogens with zero attached hydrogens (tertiary/aromatic N) is 3. The van der Waals surface area contributed by atoms with E-state index in [2.05, 4.69) is 44.9 Å². The van der Waals surface area contributed by atoms with Gasteiger partial charge in [0.25, 0.3) is 5.91 Å². The summed E-state index contributed by atoms with van der Waals surface area (Å²) < 4.78 is 6.91. The molecule has 0 N–H and O–H groups in total. The summed E-state index contributed by atoms with van der Waals surface area (Å²) in [6.45, 7) is 11.8. The molecule has 0 aliphatic heterocycles. The number of rotatable bonds is 9. The molecule has 6 nitrogen and oxygen atoms in total. The highest BCUT2D eigenvalue weighted by molar-refractivity contribution is 5.94. The minimum absolute atomic E-state index is 0.0345. The second-order valence-corrected chi connectivity index (χ2v) is 8.19. The van der Waals surface area contributed by atoms with E-state index in [4.69, 9.17) is 4.74 Å². The zero-order valence-corrected chi connectivity index (χ0v) is 20.2. The van der Waals surface area contributed by atoms with E-state index < -0.39 is 5.97 Å². The highest BCUT2D eigenvalue weighted by atomic mass is 16.5. The van der Waals surface area contributed by atoms with Gasteiger partial charge in [-0.05, 0) is 81.1 Å². The maximum absolute atomic E-state index is 12.9. The third-order valence-corrected chi connectivity index (χ3v) is 5.63. The smallest absolute Gasteiger partial charge is 0.358 e. The Morgan fingerprint density at radius 1 is 0.909 bits per heavy atom. The molecule has 2 aromatic carbocycles. The van der Waals surface area contributed by atoms with Crippen molar-refractivity contribution in [2.45, 2.75) is 47.5 Å². The number of carbonyl (C=O) groups excluding carboxylic acids is 2. The summed E-state index contributed by atoms with van der Waals surface area (Å²) in [4.78, 5) is 27.2. The Labute approximate surface area is 196 Å². The summed E-state index contributed by atoms with van der Waals surface area (Å²) in [7, 11) is 0. The maximum atomic E-state index is 12.9. The monoisotopic (exact) mass is 447 g/mol. The molecule has 1 amide bonds. The number of hydrogen-bond donors (Lipinski definition) is 0. The maximum Gasteiger partial charge on any atom is 0.358 e. The second-order valence-electron chi connectivity index (χ2n) is 8.19. The van der Waals surface area contributed by atoms with E-state index in [-0.39, 0.29) is 18.2 Å². The molecule has 0 fully saturated rings. The lowest BCUT2D eigenvalue weighted by atomic mass is 10.0. The number of aromatic nitrogens is 2. The lowest BCUT2D eigenvalue weighted by Gasteiger charge is -2.21. The van der Waals surface area contributed by atoms with Gasteiger partial charge in [-0.3, -0.25) is 4.79 Å². The average molecular weight is 448 g/mol. The number of carbonyl (C=O) groups is 2. The van der Waals surface area contributed by atoms with Crippen molar-refractivity contribution < 1.29 is 14.3 Å². The Morgan fingerprint density at radius 3 is 2.15 bits per heavy atom. The van der Waals surface area contributed by atoms with Gasteiger partial charge in [0.1, 0.15) is 0 Å². The summed E-state index contributed by atoms with van der Waals surface area (Å²) in [6.07, 6.45) is 1.85. The van der Waals surface area contributed by atoms with Crippen molar-refractivity contribution >= 4 is 11.9 Å². The van der Waals surface area contributed by atoms with Gasteiger partial charge in [-0.2, -0.15) is 5.10 Å². The number of benzene rings is 2. The molecule has 0 radical (unpaired) electrons. The largest absolute Gasteiger partial charge is 0.461 e. The molecule has 0 bridgehead atoms. The fourth-order valence-corrected chi connectivity index (χ4v) is 3.77. The van der Waals surface area contributed by atoms with Crippen LogP contribution in [0.25, 0.3) is 16.9 Å². The van der Waals surface area contributed by atoms with E-state index >= 15 is 0 Å². The summed E-state index contributed by atoms with van der Waals surface area (Å²) in [6, 6.07) is 15.3. The van der Waals surface area contributed by atoms with Crippen molar-refractivity contribution in [1.82, 2.24) is 14.7 Å². The van der Waals surface area contributed by atoms with Gasteiger partial charge in [-0.15, -0.1) is 0 Å². The first kappa shape index (κ1) is 24.2. The molecule has 0 aliphatic carbocycles. The molecule has 33 heavy (non-hydrogen) atoms. The minimum atomic E-state index is -0.456. The van der Waals surface area contributed by atoms with E-state index in [1.165, 1.54) is 5.56 Å². The Hall–Kier alpha value is -3.41. The lowest BCUT2D eigenvalue weighted by Crippen LogP contribution is -2.32. The van der Waals surface area contributed by atoms with Crippen LogP contribution in [0, 0.1) is 13.8 Å². The van der Waals surface area contributed by atoms with Crippen LogP contribution in [-0.4, -0.2) is 46.3 Å². The quantitative estimate of drug-likeness (QED) is 0.401. The molecular weight excluding hydrogens is 414 g/mol. The van der Waals surface area contributed by atoms with Crippen LogP contribution in [0.3, 0.4) is 0 Å². The van der Waals surface area contributed by atoms with Crippen LogP contribution in [0.1, 0.15) is 65.6 Å². The molecule has 1 aromatic heterocycles. The highest BCUT2D eigenvalue weighted by Gasteiger charge is 2.19. The third-order valence-electron chi connectivity index (χ3n) is 5.63. The number of ether oxygens (including phenoxy) is 1. The summed E-state index contributed by atoms with van der Waals surface area (Å²) in [5.74, 6) is -0.421. The third kappa shape index (κ3) is 5.51. The van der Waals surface area contributed by atoms with Crippen molar-refractivity contribution in [2.24, 2.45) is 0 Å². The standard InChI is InChI=1S/C27H33N3O3/c1-6-15-29(16-7-2)26(31)21-11-13-23(14-12-21)30-25(18-24(28-30)27(32)33-8-3)22-10-9-19(4)20(5)17-22/h9-14,17-18H,6-8,15-16H2,1-5H3. The van der Waals surface area contributed by atoms with E-state index in [1.807, 2.05) is 35.2 Å². The van der Waals surface area contributed by atoms with Crippen LogP contribution in [0.15, 0.2) is 48.5 Å². The Bertz CT molecular complexity index is 1110. The SMILES string of the molecule is CCCN(CCC)C(=O)c1ccc(-n2nc(C(=O)OCC)cc2-c2ccc(C)c(C)c2)cc1. The molecule has 3 aromatic rings. The summed E-state index contributed by atoms with van der Waals surface area (Å²) in [5.41, 5.74) is 5.77. The Kier molecular flexibility index (Phi) is 8.04. The molecule has 0 saturated carbocycles. The second kappa shape index (κ2) is 10.9. The van der Waals surface area contributed by atoms with Crippen molar-refractivity contribution in [3.8, 4) is 16.9 Å². The van der Waals surface area contributed by atoms with Gasteiger partial charge in [0, 0.05) is 24.2 Å². The predicted molar refractivity (Wildman–Crippen MR) is 131 cm³/mol. The number of amides is 1. The first-order valence-corrected chi connectivity index (χ1v) is 11.6. The van der Waals surface area contributed by atoms with E-state index in [9.17, 15) is 9.59 Å². The molecule has 0 saturated heterocycles. The normalized spacial score (nSPS) is 10.8. The van der Waals surface area contributed by atoms with E-state index in [1.54, 1.807) is 17.7 Å². The van der Waals surface area contributed by atoms with E-state index in [0.717, 1.165) is 48.4 Å². The van der Waals surface area contributed by atoms with Crippen LogP contribution in [0.4, 0.5) is 0 Å². The molecule has 0 unspecified atom stereocenters. The zero-order valence-electron chi connectivity index (χ0n) is 20.2. The fraction of sp³-hybridized carbons (Fsp3) is 0.370. The van der Waals surface area contributed by atoms with Gasteiger partial charge in [0.15, 0.2) is 5.69 Å². The van der Waals surface area contributed by atoms with Gasteiger partial charge in [-0.1, -0.05) is 26.0 Å². The molecule has 3 rings (SSSR count). The van der Waals surface area contributed by atoms with Crippen molar-refractivity contribution in [2.75, 3.05) is 19.7 Å². The summed E-state index contributed by atoms with van der Waals surface area (Å²) in [5, 5.41) is 4.54. The van der Waals surface area contributed by atoms with Crippen LogP contribution < -0.4 is 0 Å².